The van der Waals surface area contributed by atoms with Crippen molar-refractivity contribution < 1.29 is 26.7 Å². The van der Waals surface area contributed by atoms with Crippen molar-refractivity contribution in [1.82, 2.24) is 0 Å². The highest BCUT2D eigenvalue weighted by Gasteiger charge is 2.48. The summed E-state index contributed by atoms with van der Waals surface area (Å²) in [5.41, 5.74) is 0.692. The van der Waals surface area contributed by atoms with Crippen LogP contribution in [0.1, 0.15) is 106 Å². The van der Waals surface area contributed by atoms with Gasteiger partial charge in [0.05, 0.1) is 5.92 Å². The molecule has 6 heteroatoms. The lowest BCUT2D eigenvalue weighted by atomic mass is 9.76. The number of benzene rings is 2. The van der Waals surface area contributed by atoms with Gasteiger partial charge in [-0.2, -0.15) is 0 Å². The van der Waals surface area contributed by atoms with Gasteiger partial charge in [0.25, 0.3) is 5.92 Å². The Kier molecular flexibility index (Phi) is 10.6. The molecule has 3 rings (SSSR count). The van der Waals surface area contributed by atoms with E-state index in [4.69, 9.17) is 4.74 Å². The van der Waals surface area contributed by atoms with Crippen molar-refractivity contribution in [3.05, 3.63) is 64.2 Å². The first-order chi connectivity index (χ1) is 17.3. The fraction of sp³-hybridized carbons (Fsp3) is 0.600. The summed E-state index contributed by atoms with van der Waals surface area (Å²) in [6, 6.07) is 7.85. The van der Waals surface area contributed by atoms with Gasteiger partial charge in [0.2, 0.25) is 0 Å². The molecule has 0 heterocycles. The lowest BCUT2D eigenvalue weighted by Gasteiger charge is -2.34. The molecule has 2 unspecified atom stereocenters. The highest BCUT2D eigenvalue weighted by Crippen LogP contribution is 2.51. The van der Waals surface area contributed by atoms with Crippen LogP contribution in [0.15, 0.2) is 30.3 Å². The topological polar surface area (TPSA) is 9.23 Å². The fourth-order valence-corrected chi connectivity index (χ4v) is 5.07. The molecule has 200 valence electrons. The van der Waals surface area contributed by atoms with Crippen molar-refractivity contribution in [2.24, 2.45) is 0 Å². The summed E-state index contributed by atoms with van der Waals surface area (Å²) in [4.78, 5) is 0. The van der Waals surface area contributed by atoms with E-state index in [1.807, 2.05) is 12.1 Å². The number of hydrogen-bond donors (Lipinski definition) is 0. The molecule has 0 aromatic heterocycles. The molecule has 1 aliphatic rings. The molecule has 0 saturated heterocycles. The number of fused-ring (bicyclic) bond motifs is 1. The number of unbranched alkanes of at least 4 members (excludes halogenated alkanes) is 6. The van der Waals surface area contributed by atoms with Crippen LogP contribution in [-0.2, 0) is 18.8 Å². The Morgan fingerprint density at radius 2 is 1.61 bits per heavy atom. The minimum Gasteiger partial charge on any atom is -0.485 e. The molecular weight excluding hydrogens is 471 g/mol. The molecule has 2 aromatic rings. The molecule has 2 aromatic carbocycles. The van der Waals surface area contributed by atoms with Crippen molar-refractivity contribution in [3.8, 4) is 5.75 Å². The molecule has 0 bridgehead atoms. The molecule has 0 amide bonds. The molecule has 0 spiro atoms. The van der Waals surface area contributed by atoms with E-state index in [0.29, 0.717) is 18.1 Å². The van der Waals surface area contributed by atoms with Crippen molar-refractivity contribution >= 4 is 0 Å². The van der Waals surface area contributed by atoms with E-state index in [1.54, 1.807) is 12.1 Å². The number of aryl methyl sites for hydroxylation is 1. The molecule has 1 aliphatic carbocycles. The Labute approximate surface area is 212 Å². The van der Waals surface area contributed by atoms with Crippen LogP contribution in [-0.4, -0.2) is 12.8 Å². The predicted octanol–water partition coefficient (Wildman–Crippen LogP) is 9.60. The Bertz CT molecular complexity index is 957. The summed E-state index contributed by atoms with van der Waals surface area (Å²) in [6.07, 6.45) is 7.96. The first kappa shape index (κ1) is 28.5. The average molecular weight is 511 g/mol. The summed E-state index contributed by atoms with van der Waals surface area (Å²) in [6.45, 7) is 3.71. The fourth-order valence-electron chi connectivity index (χ4n) is 5.07. The van der Waals surface area contributed by atoms with Crippen LogP contribution in [0.25, 0.3) is 0 Å². The van der Waals surface area contributed by atoms with Crippen LogP contribution in [0.5, 0.6) is 5.75 Å². The minimum atomic E-state index is -3.43. The quantitative estimate of drug-likeness (QED) is 0.182. The first-order valence-corrected chi connectivity index (χ1v) is 13.5. The zero-order chi connectivity index (χ0) is 26.1. The van der Waals surface area contributed by atoms with E-state index in [2.05, 4.69) is 13.8 Å². The van der Waals surface area contributed by atoms with Gasteiger partial charge < -0.3 is 4.74 Å². The maximum Gasteiger partial charge on any atom is 0.280 e. The molecular formula is C30H39F5O. The lowest BCUT2D eigenvalue weighted by molar-refractivity contribution is -0.0445. The Morgan fingerprint density at radius 3 is 2.28 bits per heavy atom. The van der Waals surface area contributed by atoms with E-state index in [9.17, 15) is 8.78 Å². The van der Waals surface area contributed by atoms with Crippen LogP contribution < -0.4 is 4.74 Å². The lowest BCUT2D eigenvalue weighted by Crippen LogP contribution is -2.31. The normalized spacial score (nSPS) is 17.6. The smallest absolute Gasteiger partial charge is 0.280 e. The van der Waals surface area contributed by atoms with Gasteiger partial charge in [-0.15, -0.1) is 0 Å². The minimum absolute atomic E-state index is 0.0288. The molecule has 0 radical (unpaired) electrons. The number of hydrogen-bond acceptors (Lipinski definition) is 1. The number of halogens is 5. The molecule has 0 fully saturated rings. The number of rotatable bonds is 14. The van der Waals surface area contributed by atoms with Crippen molar-refractivity contribution in [2.75, 3.05) is 6.61 Å². The van der Waals surface area contributed by atoms with Gasteiger partial charge in [0, 0.05) is 11.1 Å². The molecule has 0 aliphatic heterocycles. The second-order valence-electron chi connectivity index (χ2n) is 10.1. The summed E-state index contributed by atoms with van der Waals surface area (Å²) in [7, 11) is 0. The molecule has 0 N–H and O–H groups in total. The highest BCUT2D eigenvalue weighted by molar-refractivity contribution is 5.45. The first-order valence-electron chi connectivity index (χ1n) is 13.5. The van der Waals surface area contributed by atoms with E-state index in [1.165, 1.54) is 6.42 Å². The van der Waals surface area contributed by atoms with Crippen LogP contribution in [0.2, 0.25) is 0 Å². The second-order valence-corrected chi connectivity index (χ2v) is 10.1. The molecule has 36 heavy (non-hydrogen) atoms. The maximum absolute atomic E-state index is 15.5. The van der Waals surface area contributed by atoms with E-state index in [0.717, 1.165) is 50.5 Å². The van der Waals surface area contributed by atoms with Crippen molar-refractivity contribution in [3.63, 3.8) is 0 Å². The summed E-state index contributed by atoms with van der Waals surface area (Å²) in [5, 5.41) is 0. The monoisotopic (exact) mass is 510 g/mol. The van der Waals surface area contributed by atoms with Gasteiger partial charge in [0.1, 0.15) is 12.8 Å². The summed E-state index contributed by atoms with van der Waals surface area (Å²) < 4.78 is 80.1. The number of alkyl halides is 3. The third kappa shape index (κ3) is 7.01. The van der Waals surface area contributed by atoms with Gasteiger partial charge in [0.15, 0.2) is 17.4 Å². The third-order valence-corrected chi connectivity index (χ3v) is 7.24. The van der Waals surface area contributed by atoms with Gasteiger partial charge in [-0.05, 0) is 49.3 Å². The third-order valence-electron chi connectivity index (χ3n) is 7.24. The van der Waals surface area contributed by atoms with Crippen LogP contribution in [0, 0.1) is 11.6 Å². The average Bonchev–Trinajstić information content (AvgIpc) is 2.85. The van der Waals surface area contributed by atoms with Gasteiger partial charge in [-0.25, -0.2) is 22.0 Å². The van der Waals surface area contributed by atoms with E-state index in [-0.39, 0.29) is 24.8 Å². The largest absolute Gasteiger partial charge is 0.485 e. The van der Waals surface area contributed by atoms with Crippen LogP contribution >= 0.6 is 0 Å². The molecule has 0 saturated carbocycles. The summed E-state index contributed by atoms with van der Waals surface area (Å²) in [5.74, 6) is -7.70. The van der Waals surface area contributed by atoms with Gasteiger partial charge in [-0.1, -0.05) is 83.1 Å². The van der Waals surface area contributed by atoms with Gasteiger partial charge >= 0.3 is 0 Å². The zero-order valence-electron chi connectivity index (χ0n) is 21.5. The molecule has 2 atom stereocenters. The van der Waals surface area contributed by atoms with E-state index >= 15 is 13.2 Å². The van der Waals surface area contributed by atoms with Gasteiger partial charge in [-0.3, -0.25) is 0 Å². The SMILES string of the molecule is CCCCCCc1ccc(C2CCc3c(cc(F)c(OCC(F)CCCCCC)c3F)C2(F)F)cc1. The summed E-state index contributed by atoms with van der Waals surface area (Å²) >= 11 is 0. The zero-order valence-corrected chi connectivity index (χ0v) is 21.5. The molecule has 1 nitrogen and oxygen atoms in total. The Balaban J connectivity index is 1.70. The van der Waals surface area contributed by atoms with Crippen LogP contribution in [0.3, 0.4) is 0 Å². The highest BCUT2D eigenvalue weighted by atomic mass is 19.3. The maximum atomic E-state index is 15.5. The van der Waals surface area contributed by atoms with Crippen molar-refractivity contribution in [1.29, 1.82) is 0 Å². The standard InChI is InChI=1S/C30H39F5O/c1-3-5-7-9-11-21-13-15-22(16-14-21)25-18-17-24-26(30(25,34)35)19-27(32)29(28(24)33)36-20-23(31)12-10-8-6-4-2/h13-16,19,23,25H,3-12,17-18,20H2,1-2H3. The Morgan fingerprint density at radius 1 is 0.944 bits per heavy atom. The predicted molar refractivity (Wildman–Crippen MR) is 135 cm³/mol. The Hall–Kier alpha value is -2.11. The second kappa shape index (κ2) is 13.4. The number of ether oxygens (including phenoxy) is 1. The van der Waals surface area contributed by atoms with Crippen LogP contribution in [0.4, 0.5) is 22.0 Å². The van der Waals surface area contributed by atoms with E-state index < -0.39 is 47.6 Å². The van der Waals surface area contributed by atoms with Crippen molar-refractivity contribution in [2.45, 2.75) is 109 Å².